The van der Waals surface area contributed by atoms with Gasteiger partial charge in [-0.15, -0.1) is 0 Å². The van der Waals surface area contributed by atoms with Crippen LogP contribution in [0.25, 0.3) is 16.3 Å². The van der Waals surface area contributed by atoms with Gasteiger partial charge in [-0.3, -0.25) is 5.41 Å². The van der Waals surface area contributed by atoms with Crippen molar-refractivity contribution >= 4 is 46.3 Å². The van der Waals surface area contributed by atoms with Crippen molar-refractivity contribution in [2.24, 2.45) is 0 Å². The molecule has 0 amide bonds. The summed E-state index contributed by atoms with van der Waals surface area (Å²) < 4.78 is 20.1. The molecule has 3 rings (SSSR count). The molecule has 0 unspecified atom stereocenters. The molecule has 0 aromatic heterocycles. The number of allylic oxidation sites excluding steroid dienone is 5. The summed E-state index contributed by atoms with van der Waals surface area (Å²) in [5, 5.41) is 11.3. The van der Waals surface area contributed by atoms with Crippen LogP contribution in [0.15, 0.2) is 64.3 Å². The van der Waals surface area contributed by atoms with Crippen molar-refractivity contribution in [3.05, 3.63) is 69.9 Å². The van der Waals surface area contributed by atoms with E-state index in [1.807, 2.05) is 30.3 Å². The number of rotatable bonds is 2. The number of benzene rings is 2. The first-order valence-corrected chi connectivity index (χ1v) is 7.74. The summed E-state index contributed by atoms with van der Waals surface area (Å²) in [5.41, 5.74) is 0.908. The minimum absolute atomic E-state index is 0.200. The molecule has 0 radical (unpaired) electrons. The van der Waals surface area contributed by atoms with E-state index in [-0.39, 0.29) is 16.3 Å². The molecule has 2 aromatic carbocycles. The van der Waals surface area contributed by atoms with Gasteiger partial charge in [-0.25, -0.2) is 4.39 Å². The number of methoxy groups -OCH3 is 1. The van der Waals surface area contributed by atoms with Crippen LogP contribution < -0.4 is 4.74 Å². The Morgan fingerprint density at radius 3 is 2.70 bits per heavy atom. The second kappa shape index (κ2) is 6.22. The van der Waals surface area contributed by atoms with E-state index in [0.29, 0.717) is 16.9 Å². The molecule has 0 spiro atoms. The number of hydrogen-bond donors (Lipinski definition) is 2. The summed E-state index contributed by atoms with van der Waals surface area (Å²) >= 11 is 10.3. The quantitative estimate of drug-likeness (QED) is 0.692. The fourth-order valence-corrected chi connectivity index (χ4v) is 3.10. The zero-order valence-electron chi connectivity index (χ0n) is 12.2. The van der Waals surface area contributed by atoms with Gasteiger partial charge in [0, 0.05) is 11.1 Å². The van der Waals surface area contributed by atoms with Gasteiger partial charge in [0.05, 0.1) is 17.9 Å². The van der Waals surface area contributed by atoms with Crippen molar-refractivity contribution < 1.29 is 9.13 Å². The maximum absolute atomic E-state index is 14.8. The molecule has 1 aliphatic carbocycles. The number of ether oxygens (including phenoxy) is 1. The minimum atomic E-state index is -0.670. The molecule has 0 bridgehead atoms. The van der Waals surface area contributed by atoms with E-state index in [4.69, 9.17) is 21.7 Å². The largest absolute Gasteiger partial charge is 0.497 e. The van der Waals surface area contributed by atoms with Gasteiger partial charge >= 0.3 is 0 Å². The van der Waals surface area contributed by atoms with E-state index in [9.17, 15) is 4.39 Å². The maximum Gasteiger partial charge on any atom is 0.158 e. The average Bonchev–Trinajstić information content (AvgIpc) is 2.57. The first-order chi connectivity index (χ1) is 11.1. The van der Waals surface area contributed by atoms with Gasteiger partial charge in [-0.05, 0) is 40.0 Å². The van der Waals surface area contributed by atoms with Crippen LogP contribution in [0.3, 0.4) is 0 Å². The van der Waals surface area contributed by atoms with Crippen LogP contribution in [-0.4, -0.2) is 12.8 Å². The Labute approximate surface area is 143 Å². The number of fused-ring (bicyclic) bond motifs is 1. The summed E-state index contributed by atoms with van der Waals surface area (Å²) in [5.74, 6) is -0.0678. The molecule has 1 aliphatic rings. The Morgan fingerprint density at radius 2 is 2.00 bits per heavy atom. The van der Waals surface area contributed by atoms with Gasteiger partial charge in [0.25, 0.3) is 0 Å². The molecule has 0 aliphatic heterocycles. The molecule has 116 valence electrons. The van der Waals surface area contributed by atoms with E-state index in [1.165, 1.54) is 5.41 Å². The van der Waals surface area contributed by atoms with Crippen LogP contribution in [0.1, 0.15) is 5.56 Å². The van der Waals surface area contributed by atoms with Crippen LogP contribution in [0.2, 0.25) is 0 Å². The average molecular weight is 346 g/mol. The van der Waals surface area contributed by atoms with Crippen LogP contribution in [0.4, 0.5) is 4.39 Å². The normalized spacial score (nSPS) is 17.0. The molecule has 1 N–H and O–H groups in total. The van der Waals surface area contributed by atoms with Crippen LogP contribution in [0.5, 0.6) is 5.75 Å². The number of thiol groups is 1. The van der Waals surface area contributed by atoms with Gasteiger partial charge in [0.1, 0.15) is 5.75 Å². The zero-order valence-corrected chi connectivity index (χ0v) is 13.9. The molecule has 0 saturated carbocycles. The van der Waals surface area contributed by atoms with Crippen molar-refractivity contribution in [3.8, 4) is 5.75 Å². The second-order valence-electron chi connectivity index (χ2n) is 5.04. The molecule has 2 aromatic rings. The van der Waals surface area contributed by atoms with Crippen molar-refractivity contribution in [3.63, 3.8) is 0 Å². The highest BCUT2D eigenvalue weighted by Gasteiger charge is 2.25. The summed E-state index contributed by atoms with van der Waals surface area (Å²) in [6.07, 6.45) is 1.55. The highest BCUT2D eigenvalue weighted by Crippen LogP contribution is 2.41. The smallest absolute Gasteiger partial charge is 0.158 e. The van der Waals surface area contributed by atoms with Crippen LogP contribution in [0, 0.1) is 5.41 Å². The number of nitrogens with one attached hydrogen (secondary N) is 1. The molecule has 5 heteroatoms. The van der Waals surface area contributed by atoms with Gasteiger partial charge < -0.3 is 4.74 Å². The fourth-order valence-electron chi connectivity index (χ4n) is 2.59. The van der Waals surface area contributed by atoms with Gasteiger partial charge in [0.2, 0.25) is 0 Å². The lowest BCUT2D eigenvalue weighted by Gasteiger charge is -2.18. The third kappa shape index (κ3) is 2.69. The molecular weight excluding hydrogens is 333 g/mol. The minimum Gasteiger partial charge on any atom is -0.497 e. The van der Waals surface area contributed by atoms with E-state index in [1.54, 1.807) is 19.3 Å². The van der Waals surface area contributed by atoms with E-state index in [0.717, 1.165) is 10.8 Å². The summed E-state index contributed by atoms with van der Waals surface area (Å²) in [6, 6.07) is 11.2. The predicted molar refractivity (Wildman–Crippen MR) is 97.3 cm³/mol. The lowest BCUT2D eigenvalue weighted by molar-refractivity contribution is 0.415. The SMILES string of the molecule is COc1cc(C2=C(F)C(=N)/C(=C\S)C=C2Cl)c2ccccc2c1. The first kappa shape index (κ1) is 15.8. The monoisotopic (exact) mass is 345 g/mol. The first-order valence-electron chi connectivity index (χ1n) is 6.85. The van der Waals surface area contributed by atoms with Crippen LogP contribution in [-0.2, 0) is 0 Å². The standard InChI is InChI=1S/C18H13ClFNOS/c1-22-12-6-10-4-2-3-5-13(10)14(8-12)16-15(19)7-11(9-23)18(21)17(16)20/h2-9,21,23H,1H3/b11-9-,21-18?. The van der Waals surface area contributed by atoms with Gasteiger partial charge in [-0.2, -0.15) is 12.6 Å². The zero-order chi connectivity index (χ0) is 16.6. The van der Waals surface area contributed by atoms with Crippen molar-refractivity contribution in [2.45, 2.75) is 0 Å². The lowest BCUT2D eigenvalue weighted by atomic mass is 9.91. The highest BCUT2D eigenvalue weighted by atomic mass is 35.5. The van der Waals surface area contributed by atoms with E-state index < -0.39 is 5.83 Å². The Bertz CT molecular complexity index is 914. The molecule has 2 nitrogen and oxygen atoms in total. The summed E-state index contributed by atoms with van der Waals surface area (Å²) in [7, 11) is 1.56. The number of halogens is 2. The topological polar surface area (TPSA) is 33.1 Å². The van der Waals surface area contributed by atoms with Crippen molar-refractivity contribution in [1.82, 2.24) is 0 Å². The molecule has 23 heavy (non-hydrogen) atoms. The second-order valence-corrected chi connectivity index (χ2v) is 5.70. The maximum atomic E-state index is 14.8. The predicted octanol–water partition coefficient (Wildman–Crippen LogP) is 5.50. The Kier molecular flexibility index (Phi) is 4.28. The van der Waals surface area contributed by atoms with Crippen LogP contribution >= 0.6 is 24.2 Å². The molecule has 0 saturated heterocycles. The number of hydrogen-bond acceptors (Lipinski definition) is 3. The van der Waals surface area contributed by atoms with Crippen molar-refractivity contribution in [2.75, 3.05) is 7.11 Å². The fraction of sp³-hybridized carbons (Fsp3) is 0.0556. The third-order valence-corrected chi connectivity index (χ3v) is 4.30. The lowest BCUT2D eigenvalue weighted by Crippen LogP contribution is -2.09. The molecule has 0 heterocycles. The van der Waals surface area contributed by atoms with E-state index >= 15 is 0 Å². The van der Waals surface area contributed by atoms with Gasteiger partial charge in [-0.1, -0.05) is 35.9 Å². The van der Waals surface area contributed by atoms with Gasteiger partial charge in [0.15, 0.2) is 5.83 Å². The Hall–Kier alpha value is -2.04. The summed E-state index contributed by atoms with van der Waals surface area (Å²) in [4.78, 5) is 0. The molecular formula is C18H13ClFNOS. The Balaban J connectivity index is 2.34. The third-order valence-electron chi connectivity index (χ3n) is 3.73. The van der Waals surface area contributed by atoms with Crippen molar-refractivity contribution in [1.29, 1.82) is 5.41 Å². The highest BCUT2D eigenvalue weighted by molar-refractivity contribution is 7.83. The molecule has 0 atom stereocenters. The summed E-state index contributed by atoms with van der Waals surface area (Å²) in [6.45, 7) is 0. The Morgan fingerprint density at radius 1 is 1.26 bits per heavy atom. The molecule has 0 fully saturated rings. The van der Waals surface area contributed by atoms with E-state index in [2.05, 4.69) is 12.6 Å².